The van der Waals surface area contributed by atoms with Gasteiger partial charge in [0.15, 0.2) is 0 Å². The van der Waals surface area contributed by atoms with E-state index in [1.807, 2.05) is 35.0 Å². The molecule has 6 heteroatoms. The predicted octanol–water partition coefficient (Wildman–Crippen LogP) is 2.01. The SMILES string of the molecule is CN1CC2(CCN(C(=O)CCN)CC2)CC(c2ccccc2)C1=O.Cl. The minimum atomic E-state index is -0.0590. The van der Waals surface area contributed by atoms with Crippen LogP contribution in [-0.2, 0) is 9.59 Å². The molecule has 2 heterocycles. The van der Waals surface area contributed by atoms with E-state index in [1.165, 1.54) is 0 Å². The molecule has 5 nitrogen and oxygen atoms in total. The molecule has 0 bridgehead atoms. The van der Waals surface area contributed by atoms with E-state index in [-0.39, 0.29) is 35.6 Å². The van der Waals surface area contributed by atoms with Crippen molar-refractivity contribution in [3.63, 3.8) is 0 Å². The number of hydrogen-bond donors (Lipinski definition) is 1. The number of carbonyl (C=O) groups excluding carboxylic acids is 2. The number of benzene rings is 1. The zero-order valence-corrected chi connectivity index (χ0v) is 15.6. The van der Waals surface area contributed by atoms with E-state index < -0.39 is 0 Å². The van der Waals surface area contributed by atoms with Gasteiger partial charge in [-0.3, -0.25) is 9.59 Å². The van der Waals surface area contributed by atoms with Gasteiger partial charge in [-0.2, -0.15) is 0 Å². The molecule has 2 aliphatic rings. The lowest BCUT2D eigenvalue weighted by Gasteiger charge is -2.49. The van der Waals surface area contributed by atoms with Crippen LogP contribution in [0.15, 0.2) is 30.3 Å². The molecule has 0 aromatic heterocycles. The highest BCUT2D eigenvalue weighted by Gasteiger charge is 2.45. The summed E-state index contributed by atoms with van der Waals surface area (Å²) < 4.78 is 0. The Morgan fingerprint density at radius 2 is 1.88 bits per heavy atom. The van der Waals surface area contributed by atoms with Crippen molar-refractivity contribution in [2.24, 2.45) is 11.1 Å². The lowest BCUT2D eigenvalue weighted by atomic mass is 9.67. The average molecular weight is 366 g/mol. The molecule has 1 aromatic carbocycles. The van der Waals surface area contributed by atoms with Crippen LogP contribution in [0.25, 0.3) is 0 Å². The van der Waals surface area contributed by atoms with E-state index in [4.69, 9.17) is 5.73 Å². The van der Waals surface area contributed by atoms with Gasteiger partial charge in [0.1, 0.15) is 0 Å². The van der Waals surface area contributed by atoms with Crippen LogP contribution in [0, 0.1) is 5.41 Å². The fourth-order valence-electron chi connectivity index (χ4n) is 4.25. The molecule has 1 unspecified atom stereocenters. The molecule has 1 spiro atoms. The summed E-state index contributed by atoms with van der Waals surface area (Å²) in [5.74, 6) is 0.317. The zero-order valence-electron chi connectivity index (χ0n) is 14.8. The first-order valence-electron chi connectivity index (χ1n) is 8.82. The molecule has 2 fully saturated rings. The number of nitrogens with two attached hydrogens (primary N) is 1. The molecular weight excluding hydrogens is 338 g/mol. The highest BCUT2D eigenvalue weighted by Crippen LogP contribution is 2.45. The first kappa shape index (κ1) is 19.7. The van der Waals surface area contributed by atoms with Gasteiger partial charge in [-0.15, -0.1) is 12.4 Å². The summed E-state index contributed by atoms with van der Waals surface area (Å²) in [6, 6.07) is 10.1. The Kier molecular flexibility index (Phi) is 6.47. The smallest absolute Gasteiger partial charge is 0.229 e. The first-order chi connectivity index (χ1) is 11.5. The Hall–Kier alpha value is -1.59. The molecule has 0 radical (unpaired) electrons. The predicted molar refractivity (Wildman–Crippen MR) is 101 cm³/mol. The number of halogens is 1. The van der Waals surface area contributed by atoms with Crippen molar-refractivity contribution >= 4 is 24.2 Å². The maximum Gasteiger partial charge on any atom is 0.229 e. The van der Waals surface area contributed by atoms with Crippen molar-refractivity contribution < 1.29 is 9.59 Å². The Labute approximate surface area is 155 Å². The number of nitrogens with zero attached hydrogens (tertiary/aromatic N) is 2. The fraction of sp³-hybridized carbons (Fsp3) is 0.579. The maximum absolute atomic E-state index is 12.7. The third-order valence-corrected chi connectivity index (χ3v) is 5.62. The molecule has 25 heavy (non-hydrogen) atoms. The van der Waals surface area contributed by atoms with Crippen molar-refractivity contribution in [2.75, 3.05) is 33.2 Å². The monoisotopic (exact) mass is 365 g/mol. The number of amides is 2. The minimum Gasteiger partial charge on any atom is -0.345 e. The Balaban J connectivity index is 0.00000225. The summed E-state index contributed by atoms with van der Waals surface area (Å²) in [4.78, 5) is 28.5. The highest BCUT2D eigenvalue weighted by molar-refractivity contribution is 5.85. The van der Waals surface area contributed by atoms with Crippen LogP contribution in [0.5, 0.6) is 0 Å². The van der Waals surface area contributed by atoms with Crippen molar-refractivity contribution in [2.45, 2.75) is 31.6 Å². The molecule has 1 aromatic rings. The van der Waals surface area contributed by atoms with Crippen molar-refractivity contribution in [3.05, 3.63) is 35.9 Å². The van der Waals surface area contributed by atoms with E-state index in [9.17, 15) is 9.59 Å². The van der Waals surface area contributed by atoms with Gasteiger partial charge < -0.3 is 15.5 Å². The fourth-order valence-corrected chi connectivity index (χ4v) is 4.25. The zero-order chi connectivity index (χ0) is 17.2. The quantitative estimate of drug-likeness (QED) is 0.891. The third kappa shape index (κ3) is 4.15. The average Bonchev–Trinajstić information content (AvgIpc) is 2.60. The van der Waals surface area contributed by atoms with Gasteiger partial charge in [0.05, 0.1) is 5.92 Å². The summed E-state index contributed by atoms with van der Waals surface area (Å²) in [5.41, 5.74) is 6.73. The standard InChI is InChI=1S/C19H27N3O2.ClH/c1-21-14-19(8-11-22(12-9-19)17(23)7-10-20)13-16(18(21)24)15-5-3-2-4-6-15;/h2-6,16H,7-14,20H2,1H3;1H. The molecule has 138 valence electrons. The van der Waals surface area contributed by atoms with E-state index in [1.54, 1.807) is 0 Å². The maximum atomic E-state index is 12.7. The molecule has 2 aliphatic heterocycles. The normalized spacial score (nSPS) is 22.6. The van der Waals surface area contributed by atoms with Crippen LogP contribution in [-0.4, -0.2) is 54.8 Å². The summed E-state index contributed by atoms with van der Waals surface area (Å²) >= 11 is 0. The Morgan fingerprint density at radius 1 is 1.24 bits per heavy atom. The number of piperidine rings is 2. The largest absolute Gasteiger partial charge is 0.345 e. The van der Waals surface area contributed by atoms with Gasteiger partial charge in [0, 0.05) is 39.6 Å². The second kappa shape index (κ2) is 8.19. The third-order valence-electron chi connectivity index (χ3n) is 5.62. The summed E-state index contributed by atoms with van der Waals surface area (Å²) in [7, 11) is 1.91. The molecule has 0 aliphatic carbocycles. The van der Waals surface area contributed by atoms with Crippen LogP contribution in [0.3, 0.4) is 0 Å². The number of likely N-dealkylation sites (N-methyl/N-ethyl adjacent to an activating group) is 1. The second-order valence-corrected chi connectivity index (χ2v) is 7.28. The molecule has 0 saturated carbocycles. The number of likely N-dealkylation sites (tertiary alicyclic amines) is 2. The highest BCUT2D eigenvalue weighted by atomic mass is 35.5. The van der Waals surface area contributed by atoms with E-state index in [0.29, 0.717) is 13.0 Å². The Morgan fingerprint density at radius 3 is 2.48 bits per heavy atom. The number of rotatable bonds is 3. The Bertz CT molecular complexity index is 600. The first-order valence-corrected chi connectivity index (χ1v) is 8.82. The topological polar surface area (TPSA) is 66.6 Å². The molecular formula is C19H28ClN3O2. The van der Waals surface area contributed by atoms with Crippen molar-refractivity contribution in [1.82, 2.24) is 9.80 Å². The van der Waals surface area contributed by atoms with Crippen LogP contribution in [0.4, 0.5) is 0 Å². The van der Waals surface area contributed by atoms with E-state index in [0.717, 1.165) is 44.5 Å². The van der Waals surface area contributed by atoms with Gasteiger partial charge in [-0.1, -0.05) is 30.3 Å². The van der Waals surface area contributed by atoms with Gasteiger partial charge in [0.25, 0.3) is 0 Å². The van der Waals surface area contributed by atoms with Gasteiger partial charge in [-0.25, -0.2) is 0 Å². The summed E-state index contributed by atoms with van der Waals surface area (Å²) in [6.07, 6.45) is 3.24. The van der Waals surface area contributed by atoms with Crippen LogP contribution < -0.4 is 5.73 Å². The summed E-state index contributed by atoms with van der Waals surface area (Å²) in [5, 5.41) is 0. The van der Waals surface area contributed by atoms with Gasteiger partial charge in [-0.05, 0) is 30.2 Å². The minimum absolute atomic E-state index is 0. The van der Waals surface area contributed by atoms with Gasteiger partial charge >= 0.3 is 0 Å². The van der Waals surface area contributed by atoms with Crippen LogP contribution in [0.2, 0.25) is 0 Å². The number of carbonyl (C=O) groups is 2. The van der Waals surface area contributed by atoms with E-state index >= 15 is 0 Å². The number of hydrogen-bond acceptors (Lipinski definition) is 3. The molecule has 1 atom stereocenters. The molecule has 3 rings (SSSR count). The second-order valence-electron chi connectivity index (χ2n) is 7.28. The molecule has 2 N–H and O–H groups in total. The van der Waals surface area contributed by atoms with Crippen LogP contribution in [0.1, 0.15) is 37.2 Å². The molecule has 2 amide bonds. The van der Waals surface area contributed by atoms with Crippen molar-refractivity contribution in [1.29, 1.82) is 0 Å². The lowest BCUT2D eigenvalue weighted by molar-refractivity contribution is -0.143. The lowest BCUT2D eigenvalue weighted by Crippen LogP contribution is -2.53. The van der Waals surface area contributed by atoms with Crippen molar-refractivity contribution in [3.8, 4) is 0 Å². The molecule has 2 saturated heterocycles. The van der Waals surface area contributed by atoms with Gasteiger partial charge in [0.2, 0.25) is 11.8 Å². The van der Waals surface area contributed by atoms with E-state index in [2.05, 4.69) is 12.1 Å². The van der Waals surface area contributed by atoms with Crippen LogP contribution >= 0.6 is 12.4 Å². The summed E-state index contributed by atoms with van der Waals surface area (Å²) in [6.45, 7) is 2.77.